The van der Waals surface area contributed by atoms with E-state index in [9.17, 15) is 9.59 Å². The molecule has 0 bridgehead atoms. The lowest BCUT2D eigenvalue weighted by molar-refractivity contribution is -0.115. The first-order valence-corrected chi connectivity index (χ1v) is 7.95. The average molecular weight is 376 g/mol. The highest BCUT2D eigenvalue weighted by Gasteiger charge is 2.06. The fraction of sp³-hybridized carbons (Fsp3) is 0.176. The van der Waals surface area contributed by atoms with Gasteiger partial charge in [0.15, 0.2) is 0 Å². The van der Waals surface area contributed by atoms with Gasteiger partial charge in [0.2, 0.25) is 5.91 Å². The molecule has 6 heteroatoms. The van der Waals surface area contributed by atoms with Crippen molar-refractivity contribution in [1.82, 2.24) is 10.6 Å². The van der Waals surface area contributed by atoms with Crippen molar-refractivity contribution in [1.29, 1.82) is 0 Å². The summed E-state index contributed by atoms with van der Waals surface area (Å²) in [5, 5.41) is 7.96. The highest BCUT2D eigenvalue weighted by molar-refractivity contribution is 9.10. The molecular formula is C17H18BrN3O2. The average Bonchev–Trinajstić information content (AvgIpc) is 2.55. The standard InChI is InChI=1S/C17H18BrN3O2/c1-12-9-14(7-8-15(12)18)21-16(22)11-20-17(23)19-10-13-5-3-2-4-6-13/h2-9H,10-11H2,1H3,(H,21,22)(H2,19,20,23). The number of nitrogens with one attached hydrogen (secondary N) is 3. The molecule has 0 fully saturated rings. The fourth-order valence-electron chi connectivity index (χ4n) is 1.93. The van der Waals surface area contributed by atoms with Crippen molar-refractivity contribution in [3.63, 3.8) is 0 Å². The molecule has 3 amide bonds. The van der Waals surface area contributed by atoms with Crippen LogP contribution in [0.25, 0.3) is 0 Å². The van der Waals surface area contributed by atoms with Crippen LogP contribution in [0.2, 0.25) is 0 Å². The molecule has 0 saturated heterocycles. The molecule has 0 aliphatic heterocycles. The normalized spacial score (nSPS) is 10.0. The number of anilines is 1. The van der Waals surface area contributed by atoms with Crippen LogP contribution >= 0.6 is 15.9 Å². The SMILES string of the molecule is Cc1cc(NC(=O)CNC(=O)NCc2ccccc2)ccc1Br. The van der Waals surface area contributed by atoms with Gasteiger partial charge in [-0.2, -0.15) is 0 Å². The topological polar surface area (TPSA) is 70.2 Å². The largest absolute Gasteiger partial charge is 0.334 e. The van der Waals surface area contributed by atoms with Crippen molar-refractivity contribution >= 4 is 33.6 Å². The summed E-state index contributed by atoms with van der Waals surface area (Å²) in [6.45, 7) is 2.27. The Kier molecular flexibility index (Phi) is 6.17. The molecular weight excluding hydrogens is 358 g/mol. The third kappa shape index (κ3) is 5.75. The van der Waals surface area contributed by atoms with Crippen LogP contribution < -0.4 is 16.0 Å². The molecule has 0 aromatic heterocycles. The van der Waals surface area contributed by atoms with E-state index >= 15 is 0 Å². The summed E-state index contributed by atoms with van der Waals surface area (Å²) >= 11 is 3.40. The number of benzene rings is 2. The second kappa shape index (κ2) is 8.33. The highest BCUT2D eigenvalue weighted by Crippen LogP contribution is 2.19. The molecule has 0 spiro atoms. The molecule has 2 rings (SSSR count). The number of rotatable bonds is 5. The molecule has 0 aliphatic carbocycles. The number of carbonyl (C=O) groups is 2. The van der Waals surface area contributed by atoms with Crippen LogP contribution in [0.15, 0.2) is 53.0 Å². The Morgan fingerprint density at radius 1 is 1.04 bits per heavy atom. The van der Waals surface area contributed by atoms with E-state index in [1.54, 1.807) is 6.07 Å². The zero-order valence-corrected chi connectivity index (χ0v) is 14.3. The predicted molar refractivity (Wildman–Crippen MR) is 94.2 cm³/mol. The van der Waals surface area contributed by atoms with Gasteiger partial charge in [-0.05, 0) is 36.2 Å². The maximum absolute atomic E-state index is 11.8. The third-order valence-electron chi connectivity index (χ3n) is 3.15. The molecule has 0 aliphatic rings. The lowest BCUT2D eigenvalue weighted by Gasteiger charge is -2.09. The first-order chi connectivity index (χ1) is 11.0. The first kappa shape index (κ1) is 17.0. The summed E-state index contributed by atoms with van der Waals surface area (Å²) in [6, 6.07) is 14.7. The van der Waals surface area contributed by atoms with E-state index in [-0.39, 0.29) is 18.5 Å². The van der Waals surface area contributed by atoms with Gasteiger partial charge in [0.05, 0.1) is 6.54 Å². The zero-order valence-electron chi connectivity index (χ0n) is 12.7. The zero-order chi connectivity index (χ0) is 16.7. The lowest BCUT2D eigenvalue weighted by atomic mass is 10.2. The van der Waals surface area contributed by atoms with Crippen molar-refractivity contribution in [3.8, 4) is 0 Å². The number of amides is 3. The van der Waals surface area contributed by atoms with Crippen LogP contribution in [0.3, 0.4) is 0 Å². The minimum absolute atomic E-state index is 0.0876. The molecule has 3 N–H and O–H groups in total. The second-order valence-electron chi connectivity index (χ2n) is 5.03. The van der Waals surface area contributed by atoms with Crippen molar-refractivity contribution in [2.24, 2.45) is 0 Å². The maximum Gasteiger partial charge on any atom is 0.315 e. The van der Waals surface area contributed by atoms with Crippen LogP contribution in [0, 0.1) is 6.92 Å². The van der Waals surface area contributed by atoms with Gasteiger partial charge in [0.25, 0.3) is 0 Å². The Bertz CT molecular complexity index is 689. The van der Waals surface area contributed by atoms with Crippen molar-refractivity contribution in [2.75, 3.05) is 11.9 Å². The molecule has 5 nitrogen and oxygen atoms in total. The summed E-state index contributed by atoms with van der Waals surface area (Å²) in [5.74, 6) is -0.276. The van der Waals surface area contributed by atoms with Gasteiger partial charge in [-0.1, -0.05) is 46.3 Å². The number of urea groups is 1. The quantitative estimate of drug-likeness (QED) is 0.750. The summed E-state index contributed by atoms with van der Waals surface area (Å²) in [4.78, 5) is 23.5. The van der Waals surface area contributed by atoms with E-state index in [1.807, 2.05) is 49.4 Å². The van der Waals surface area contributed by atoms with Gasteiger partial charge in [0.1, 0.15) is 0 Å². The lowest BCUT2D eigenvalue weighted by Crippen LogP contribution is -2.39. The van der Waals surface area contributed by atoms with Crippen LogP contribution in [0.1, 0.15) is 11.1 Å². The van der Waals surface area contributed by atoms with Gasteiger partial charge in [0, 0.05) is 16.7 Å². The number of hydrogen-bond acceptors (Lipinski definition) is 2. The van der Waals surface area contributed by atoms with Gasteiger partial charge < -0.3 is 16.0 Å². The monoisotopic (exact) mass is 375 g/mol. The van der Waals surface area contributed by atoms with E-state index < -0.39 is 0 Å². The molecule has 2 aromatic carbocycles. The smallest absolute Gasteiger partial charge is 0.315 e. The molecule has 120 valence electrons. The van der Waals surface area contributed by atoms with E-state index in [1.165, 1.54) is 0 Å². The van der Waals surface area contributed by atoms with Gasteiger partial charge in [-0.25, -0.2) is 4.79 Å². The Balaban J connectivity index is 1.73. The first-order valence-electron chi connectivity index (χ1n) is 7.16. The fourth-order valence-corrected chi connectivity index (χ4v) is 2.18. The van der Waals surface area contributed by atoms with Crippen LogP contribution in [0.5, 0.6) is 0 Å². The Labute approximate surface area is 143 Å². The number of hydrogen-bond donors (Lipinski definition) is 3. The third-order valence-corrected chi connectivity index (χ3v) is 4.04. The van der Waals surface area contributed by atoms with E-state index in [4.69, 9.17) is 0 Å². The predicted octanol–water partition coefficient (Wildman–Crippen LogP) is 3.20. The molecule has 0 atom stereocenters. The van der Waals surface area contributed by atoms with Crippen LogP contribution in [-0.2, 0) is 11.3 Å². The highest BCUT2D eigenvalue weighted by atomic mass is 79.9. The minimum atomic E-state index is -0.379. The van der Waals surface area contributed by atoms with Gasteiger partial charge >= 0.3 is 6.03 Å². The van der Waals surface area contributed by atoms with Crippen LogP contribution in [-0.4, -0.2) is 18.5 Å². The number of carbonyl (C=O) groups excluding carboxylic acids is 2. The molecule has 23 heavy (non-hydrogen) atoms. The second-order valence-corrected chi connectivity index (χ2v) is 5.89. The Morgan fingerprint density at radius 3 is 2.48 bits per heavy atom. The van der Waals surface area contributed by atoms with Crippen molar-refractivity contribution in [3.05, 3.63) is 64.1 Å². The minimum Gasteiger partial charge on any atom is -0.334 e. The van der Waals surface area contributed by atoms with Crippen molar-refractivity contribution < 1.29 is 9.59 Å². The molecule has 0 saturated carbocycles. The summed E-state index contributed by atoms with van der Waals surface area (Å²) in [7, 11) is 0. The summed E-state index contributed by atoms with van der Waals surface area (Å²) in [6.07, 6.45) is 0. The Morgan fingerprint density at radius 2 is 1.78 bits per heavy atom. The maximum atomic E-state index is 11.8. The summed E-state index contributed by atoms with van der Waals surface area (Å²) in [5.41, 5.74) is 2.72. The van der Waals surface area contributed by atoms with Gasteiger partial charge in [-0.3, -0.25) is 4.79 Å². The Hall–Kier alpha value is -2.34. The van der Waals surface area contributed by atoms with E-state index in [0.29, 0.717) is 12.2 Å². The number of halogens is 1. The van der Waals surface area contributed by atoms with E-state index in [0.717, 1.165) is 15.6 Å². The molecule has 2 aromatic rings. The molecule has 0 heterocycles. The van der Waals surface area contributed by atoms with Crippen molar-refractivity contribution in [2.45, 2.75) is 13.5 Å². The van der Waals surface area contributed by atoms with E-state index in [2.05, 4.69) is 31.9 Å². The van der Waals surface area contributed by atoms with Crippen LogP contribution in [0.4, 0.5) is 10.5 Å². The number of aryl methyl sites for hydroxylation is 1. The summed E-state index contributed by atoms with van der Waals surface area (Å²) < 4.78 is 0.980. The molecule has 0 radical (unpaired) electrons. The van der Waals surface area contributed by atoms with Gasteiger partial charge in [-0.15, -0.1) is 0 Å². The molecule has 0 unspecified atom stereocenters.